The first-order valence-corrected chi connectivity index (χ1v) is 14.3. The van der Waals surface area contributed by atoms with Crippen LogP contribution in [0.25, 0.3) is 0 Å². The van der Waals surface area contributed by atoms with E-state index in [-0.39, 0.29) is 11.0 Å². The third kappa shape index (κ3) is 15.1. The highest BCUT2D eigenvalue weighted by Gasteiger charge is 2.34. The molecular formula is C24H36Cl5N3OS. The van der Waals surface area contributed by atoms with Gasteiger partial charge in [0.15, 0.2) is 5.11 Å². The molecule has 0 radical (unpaired) electrons. The molecule has 0 heterocycles. The first-order chi connectivity index (χ1) is 16.1. The van der Waals surface area contributed by atoms with Crippen LogP contribution in [-0.2, 0) is 4.79 Å². The Morgan fingerprint density at radius 3 is 1.91 bits per heavy atom. The number of benzene rings is 1. The van der Waals surface area contributed by atoms with Crippen molar-refractivity contribution in [3.05, 3.63) is 28.2 Å². The molecule has 1 rings (SSSR count). The van der Waals surface area contributed by atoms with Crippen LogP contribution in [-0.4, -0.2) is 21.0 Å². The van der Waals surface area contributed by atoms with Crippen LogP contribution in [0, 0.1) is 0 Å². The number of halogens is 5. The summed E-state index contributed by atoms with van der Waals surface area (Å²) in [6.07, 6.45) is 14.1. The number of alkyl halides is 3. The summed E-state index contributed by atoms with van der Waals surface area (Å²) < 4.78 is -1.80. The Labute approximate surface area is 235 Å². The number of hydrogen-bond donors (Lipinski definition) is 3. The van der Waals surface area contributed by atoms with Gasteiger partial charge < -0.3 is 16.0 Å². The SMILES string of the molecule is CCCCCCCCCCCCCCC(=O)N[C@@H](NC(=S)Nc1ccc(Cl)cc1Cl)C(Cl)(Cl)Cl. The van der Waals surface area contributed by atoms with Gasteiger partial charge in [0.05, 0.1) is 10.7 Å². The fraction of sp³-hybridized carbons (Fsp3) is 0.667. The lowest BCUT2D eigenvalue weighted by Crippen LogP contribution is -2.56. The quantitative estimate of drug-likeness (QED) is 0.0776. The van der Waals surface area contributed by atoms with E-state index in [0.29, 0.717) is 22.2 Å². The Kier molecular flexibility index (Phi) is 17.0. The largest absolute Gasteiger partial charge is 0.339 e. The van der Waals surface area contributed by atoms with Crippen LogP contribution in [0.3, 0.4) is 0 Å². The molecule has 194 valence electrons. The molecule has 0 aliphatic carbocycles. The number of rotatable bonds is 16. The zero-order chi connectivity index (χ0) is 25.4. The average molecular weight is 592 g/mol. The lowest BCUT2D eigenvalue weighted by atomic mass is 10.0. The van der Waals surface area contributed by atoms with Crippen molar-refractivity contribution in [2.24, 2.45) is 0 Å². The molecule has 3 N–H and O–H groups in total. The van der Waals surface area contributed by atoms with Crippen LogP contribution in [0.1, 0.15) is 90.4 Å². The van der Waals surface area contributed by atoms with Crippen molar-refractivity contribution >= 4 is 86.9 Å². The van der Waals surface area contributed by atoms with Crippen LogP contribution in [0.2, 0.25) is 10.0 Å². The molecule has 1 atom stereocenters. The first kappa shape index (κ1) is 31.9. The molecule has 0 saturated heterocycles. The molecule has 0 unspecified atom stereocenters. The van der Waals surface area contributed by atoms with Crippen LogP contribution >= 0.6 is 70.2 Å². The van der Waals surface area contributed by atoms with Gasteiger partial charge in [0.1, 0.15) is 6.17 Å². The molecule has 0 spiro atoms. The highest BCUT2D eigenvalue weighted by molar-refractivity contribution is 7.80. The molecule has 0 aromatic heterocycles. The van der Waals surface area contributed by atoms with Crippen LogP contribution in [0.5, 0.6) is 0 Å². The lowest BCUT2D eigenvalue weighted by molar-refractivity contribution is -0.122. The summed E-state index contributed by atoms with van der Waals surface area (Å²) in [5.74, 6) is -0.205. The summed E-state index contributed by atoms with van der Waals surface area (Å²) in [5, 5.41) is 9.47. The van der Waals surface area contributed by atoms with Gasteiger partial charge in [-0.3, -0.25) is 4.79 Å². The van der Waals surface area contributed by atoms with E-state index in [0.717, 1.165) is 19.3 Å². The summed E-state index contributed by atoms with van der Waals surface area (Å²) >= 11 is 35.5. The second-order valence-corrected chi connectivity index (χ2v) is 12.0. The van der Waals surface area contributed by atoms with Crippen molar-refractivity contribution in [2.45, 2.75) is 100 Å². The minimum Gasteiger partial charge on any atom is -0.339 e. The fourth-order valence-corrected chi connectivity index (χ4v) is 4.45. The van der Waals surface area contributed by atoms with E-state index in [1.807, 2.05) is 0 Å². The molecule has 0 aliphatic heterocycles. The molecule has 4 nitrogen and oxygen atoms in total. The first-order valence-electron chi connectivity index (χ1n) is 12.0. The summed E-state index contributed by atoms with van der Waals surface area (Å²) in [6, 6.07) is 4.92. The van der Waals surface area contributed by atoms with E-state index >= 15 is 0 Å². The van der Waals surface area contributed by atoms with Gasteiger partial charge in [0.25, 0.3) is 0 Å². The monoisotopic (exact) mass is 589 g/mol. The van der Waals surface area contributed by atoms with Gasteiger partial charge in [-0.1, -0.05) is 136 Å². The minimum absolute atomic E-state index is 0.145. The van der Waals surface area contributed by atoms with Crippen molar-refractivity contribution < 1.29 is 4.79 Å². The molecule has 0 fully saturated rings. The number of amides is 1. The van der Waals surface area contributed by atoms with Crippen LogP contribution < -0.4 is 16.0 Å². The van der Waals surface area contributed by atoms with Crippen molar-refractivity contribution in [3.63, 3.8) is 0 Å². The highest BCUT2D eigenvalue weighted by Crippen LogP contribution is 2.30. The Bertz CT molecular complexity index is 746. The van der Waals surface area contributed by atoms with Crippen molar-refractivity contribution in [3.8, 4) is 0 Å². The third-order valence-corrected chi connectivity index (χ3v) is 6.77. The zero-order valence-corrected chi connectivity index (χ0v) is 24.3. The molecule has 1 aromatic carbocycles. The van der Waals surface area contributed by atoms with Gasteiger partial charge >= 0.3 is 0 Å². The van der Waals surface area contributed by atoms with E-state index in [1.54, 1.807) is 18.2 Å². The Balaban J connectivity index is 2.26. The molecule has 10 heteroatoms. The number of hydrogen-bond acceptors (Lipinski definition) is 2. The molecule has 0 aliphatic rings. The predicted octanol–water partition coefficient (Wildman–Crippen LogP) is 9.18. The van der Waals surface area contributed by atoms with Gasteiger partial charge in [-0.25, -0.2) is 0 Å². The molecule has 34 heavy (non-hydrogen) atoms. The lowest BCUT2D eigenvalue weighted by Gasteiger charge is -2.28. The molecule has 1 aromatic rings. The summed E-state index contributed by atoms with van der Waals surface area (Å²) in [7, 11) is 0. The molecule has 0 saturated carbocycles. The van der Waals surface area contributed by atoms with Gasteiger partial charge in [-0.05, 0) is 36.8 Å². The van der Waals surface area contributed by atoms with Crippen molar-refractivity contribution in [2.75, 3.05) is 5.32 Å². The average Bonchev–Trinajstić information content (AvgIpc) is 2.75. The van der Waals surface area contributed by atoms with E-state index in [4.69, 9.17) is 70.2 Å². The van der Waals surface area contributed by atoms with E-state index < -0.39 is 9.96 Å². The van der Waals surface area contributed by atoms with Crippen LogP contribution in [0.4, 0.5) is 5.69 Å². The Hall–Kier alpha value is -0.170. The Morgan fingerprint density at radius 2 is 1.41 bits per heavy atom. The predicted molar refractivity (Wildman–Crippen MR) is 154 cm³/mol. The maximum absolute atomic E-state index is 12.4. The number of thiocarbonyl (C=S) groups is 1. The van der Waals surface area contributed by atoms with E-state index in [1.165, 1.54) is 57.8 Å². The van der Waals surface area contributed by atoms with E-state index in [2.05, 4.69) is 22.9 Å². The highest BCUT2D eigenvalue weighted by atomic mass is 35.6. The summed E-state index contributed by atoms with van der Waals surface area (Å²) in [4.78, 5) is 12.4. The normalized spacial score (nSPS) is 12.3. The van der Waals surface area contributed by atoms with Gasteiger partial charge in [-0.2, -0.15) is 0 Å². The fourth-order valence-electron chi connectivity index (χ4n) is 3.44. The van der Waals surface area contributed by atoms with Crippen LogP contribution in [0.15, 0.2) is 18.2 Å². The number of nitrogens with one attached hydrogen (secondary N) is 3. The van der Waals surface area contributed by atoms with Crippen molar-refractivity contribution in [1.29, 1.82) is 0 Å². The smallest absolute Gasteiger partial charge is 0.228 e. The second kappa shape index (κ2) is 18.1. The number of carbonyl (C=O) groups excluding carboxylic acids is 1. The standard InChI is InChI=1S/C24H36Cl5N3OS/c1-2-3-4-5-6-7-8-9-10-11-12-13-14-21(33)31-22(24(27,28)29)32-23(34)30-20-16-15-18(25)17-19(20)26/h15-17,22H,2-14H2,1H3,(H,31,33)(H2,30,32,34)/t22-/m0/s1. The maximum atomic E-state index is 12.4. The number of anilines is 1. The number of unbranched alkanes of at least 4 members (excludes halogenated alkanes) is 11. The maximum Gasteiger partial charge on any atom is 0.228 e. The molecule has 0 bridgehead atoms. The summed E-state index contributed by atoms with van der Waals surface area (Å²) in [5.41, 5.74) is 0.537. The van der Waals surface area contributed by atoms with Gasteiger partial charge in [0.2, 0.25) is 9.70 Å². The van der Waals surface area contributed by atoms with Gasteiger partial charge in [-0.15, -0.1) is 0 Å². The zero-order valence-electron chi connectivity index (χ0n) is 19.7. The van der Waals surface area contributed by atoms with Crippen molar-refractivity contribution in [1.82, 2.24) is 10.6 Å². The number of carbonyl (C=O) groups is 1. The topological polar surface area (TPSA) is 53.2 Å². The van der Waals surface area contributed by atoms with Gasteiger partial charge in [0, 0.05) is 11.4 Å². The molecular weight excluding hydrogens is 556 g/mol. The van der Waals surface area contributed by atoms with E-state index in [9.17, 15) is 4.79 Å². The minimum atomic E-state index is -1.80. The summed E-state index contributed by atoms with van der Waals surface area (Å²) in [6.45, 7) is 2.24. The second-order valence-electron chi connectivity index (χ2n) is 8.40. The third-order valence-electron chi connectivity index (χ3n) is 5.34. The Morgan fingerprint density at radius 1 is 0.882 bits per heavy atom. The molecule has 1 amide bonds.